The number of benzene rings is 2. The molecule has 0 spiro atoms. The molecule has 3 N–H and O–H groups in total. The van der Waals surface area contributed by atoms with Crippen molar-refractivity contribution < 1.29 is 13.2 Å². The molecule has 26 heavy (non-hydrogen) atoms. The van der Waals surface area contributed by atoms with E-state index in [4.69, 9.17) is 5.14 Å². The van der Waals surface area contributed by atoms with E-state index in [9.17, 15) is 13.2 Å². The van der Waals surface area contributed by atoms with Gasteiger partial charge in [0.1, 0.15) is 0 Å². The van der Waals surface area contributed by atoms with Crippen molar-refractivity contribution in [2.24, 2.45) is 5.14 Å². The highest BCUT2D eigenvalue weighted by Gasteiger charge is 2.08. The summed E-state index contributed by atoms with van der Waals surface area (Å²) in [6.07, 6.45) is 0.605. The molecule has 0 heterocycles. The summed E-state index contributed by atoms with van der Waals surface area (Å²) in [4.78, 5) is 14.5. The van der Waals surface area contributed by atoms with Crippen LogP contribution in [0.4, 0.5) is 5.69 Å². The lowest BCUT2D eigenvalue weighted by atomic mass is 10.1. The number of rotatable bonds is 8. The molecule has 0 aromatic heterocycles. The van der Waals surface area contributed by atoms with E-state index in [2.05, 4.69) is 24.1 Å². The van der Waals surface area contributed by atoms with Crippen LogP contribution >= 0.6 is 0 Å². The predicted molar refractivity (Wildman–Crippen MR) is 104 cm³/mol. The first-order valence-corrected chi connectivity index (χ1v) is 10.1. The van der Waals surface area contributed by atoms with Crippen LogP contribution in [0.3, 0.4) is 0 Å². The van der Waals surface area contributed by atoms with Crippen LogP contribution in [0.2, 0.25) is 0 Å². The maximum Gasteiger partial charge on any atom is 0.251 e. The molecule has 2 rings (SSSR count). The lowest BCUT2D eigenvalue weighted by Gasteiger charge is -2.21. The van der Waals surface area contributed by atoms with Crippen molar-refractivity contribution in [1.82, 2.24) is 5.32 Å². The summed E-state index contributed by atoms with van der Waals surface area (Å²) in [5.41, 5.74) is 2.64. The number of carbonyl (C=O) groups excluding carboxylic acids is 1. The molecule has 0 fully saturated rings. The highest BCUT2D eigenvalue weighted by molar-refractivity contribution is 7.89. The van der Waals surface area contributed by atoms with Gasteiger partial charge in [-0.25, -0.2) is 13.6 Å². The molecule has 0 bridgehead atoms. The minimum atomic E-state index is -3.68. The lowest BCUT2D eigenvalue weighted by molar-refractivity contribution is 0.0954. The van der Waals surface area contributed by atoms with Crippen molar-refractivity contribution in [3.05, 3.63) is 59.7 Å². The smallest absolute Gasteiger partial charge is 0.251 e. The van der Waals surface area contributed by atoms with Crippen molar-refractivity contribution in [1.29, 1.82) is 0 Å². The third-order valence-corrected chi connectivity index (χ3v) is 5.14. The molecule has 0 saturated carbocycles. The van der Waals surface area contributed by atoms with Crippen LogP contribution in [0.5, 0.6) is 0 Å². The van der Waals surface area contributed by atoms with Crippen LogP contribution in [-0.4, -0.2) is 34.0 Å². The highest BCUT2D eigenvalue weighted by Crippen LogP contribution is 2.15. The maximum atomic E-state index is 12.2. The van der Waals surface area contributed by atoms with Crippen LogP contribution in [0.15, 0.2) is 53.4 Å². The Bertz CT molecular complexity index is 827. The Morgan fingerprint density at radius 1 is 1.00 bits per heavy atom. The zero-order chi connectivity index (χ0) is 19.2. The van der Waals surface area contributed by atoms with Gasteiger partial charge in [-0.2, -0.15) is 0 Å². The van der Waals surface area contributed by atoms with E-state index < -0.39 is 10.0 Å². The molecule has 6 nitrogen and oxygen atoms in total. The zero-order valence-electron chi connectivity index (χ0n) is 15.1. The maximum absolute atomic E-state index is 12.2. The lowest BCUT2D eigenvalue weighted by Crippen LogP contribution is -2.26. The molecule has 0 unspecified atom stereocenters. The topological polar surface area (TPSA) is 92.5 Å². The van der Waals surface area contributed by atoms with Crippen molar-refractivity contribution in [3.8, 4) is 0 Å². The normalized spacial score (nSPS) is 11.2. The molecule has 0 atom stereocenters. The highest BCUT2D eigenvalue weighted by atomic mass is 32.2. The number of nitrogens with two attached hydrogens (primary N) is 1. The third-order valence-electron chi connectivity index (χ3n) is 4.21. The standard InChI is InChI=1S/C19H25N3O3S/c1-3-22(4-2)17-9-7-16(8-10-17)19(23)21-14-13-15-5-11-18(12-6-15)26(20,24)25/h5-12H,3-4,13-14H2,1-2H3,(H,21,23)(H2,20,24,25). The number of sulfonamides is 1. The summed E-state index contributed by atoms with van der Waals surface area (Å²) in [5.74, 6) is -0.128. The van der Waals surface area contributed by atoms with Crippen LogP contribution in [0.1, 0.15) is 29.8 Å². The molecule has 0 radical (unpaired) electrons. The van der Waals surface area contributed by atoms with Crippen LogP contribution < -0.4 is 15.4 Å². The van der Waals surface area contributed by atoms with Gasteiger partial charge in [-0.15, -0.1) is 0 Å². The Kier molecular flexibility index (Phi) is 6.76. The molecule has 7 heteroatoms. The van der Waals surface area contributed by atoms with Crippen LogP contribution in [0.25, 0.3) is 0 Å². The molecule has 140 valence electrons. The van der Waals surface area contributed by atoms with Crippen LogP contribution in [-0.2, 0) is 16.4 Å². The molecule has 1 amide bonds. The van der Waals surface area contributed by atoms with Crippen molar-refractivity contribution in [2.45, 2.75) is 25.2 Å². The Hall–Kier alpha value is -2.38. The first-order valence-electron chi connectivity index (χ1n) is 8.60. The van der Waals surface area contributed by atoms with Gasteiger partial charge in [-0.05, 0) is 62.2 Å². The molecule has 0 saturated heterocycles. The summed E-state index contributed by atoms with van der Waals surface area (Å²) < 4.78 is 22.5. The van der Waals surface area contributed by atoms with E-state index in [1.807, 2.05) is 24.3 Å². The number of carbonyl (C=O) groups is 1. The van der Waals surface area contributed by atoms with Gasteiger partial charge in [0.2, 0.25) is 10.0 Å². The summed E-state index contributed by atoms with van der Waals surface area (Å²) in [5, 5.41) is 7.94. The Labute approximate surface area is 155 Å². The molecule has 0 aliphatic heterocycles. The quantitative estimate of drug-likeness (QED) is 0.739. The zero-order valence-corrected chi connectivity index (χ0v) is 15.9. The second-order valence-corrected chi connectivity index (χ2v) is 7.48. The van der Waals surface area contributed by atoms with Gasteiger partial charge in [0, 0.05) is 30.9 Å². The van der Waals surface area contributed by atoms with Gasteiger partial charge in [-0.1, -0.05) is 12.1 Å². The SMILES string of the molecule is CCN(CC)c1ccc(C(=O)NCCc2ccc(S(N)(=O)=O)cc2)cc1. The molecular formula is C19H25N3O3S. The van der Waals surface area contributed by atoms with E-state index in [-0.39, 0.29) is 10.8 Å². The Morgan fingerprint density at radius 3 is 2.08 bits per heavy atom. The summed E-state index contributed by atoms with van der Waals surface area (Å²) in [7, 11) is -3.68. The van der Waals surface area contributed by atoms with E-state index in [1.54, 1.807) is 12.1 Å². The fourth-order valence-corrected chi connectivity index (χ4v) is 3.20. The minimum absolute atomic E-state index is 0.0820. The van der Waals surface area contributed by atoms with Gasteiger partial charge < -0.3 is 10.2 Å². The van der Waals surface area contributed by atoms with Gasteiger partial charge in [0.15, 0.2) is 0 Å². The predicted octanol–water partition coefficient (Wildman–Crippen LogP) is 2.15. The Morgan fingerprint density at radius 2 is 1.58 bits per heavy atom. The molecule has 2 aromatic rings. The number of nitrogens with zero attached hydrogens (tertiary/aromatic N) is 1. The largest absolute Gasteiger partial charge is 0.372 e. The number of anilines is 1. The van der Waals surface area contributed by atoms with Crippen LogP contribution in [0, 0.1) is 0 Å². The minimum Gasteiger partial charge on any atom is -0.372 e. The third kappa shape index (κ3) is 5.31. The monoisotopic (exact) mass is 375 g/mol. The van der Waals surface area contributed by atoms with Crippen molar-refractivity contribution in [3.63, 3.8) is 0 Å². The van der Waals surface area contributed by atoms with E-state index >= 15 is 0 Å². The number of hydrogen-bond acceptors (Lipinski definition) is 4. The first-order chi connectivity index (χ1) is 12.3. The van der Waals surface area contributed by atoms with E-state index in [1.165, 1.54) is 12.1 Å². The second-order valence-electron chi connectivity index (χ2n) is 5.91. The van der Waals surface area contributed by atoms with Crippen molar-refractivity contribution >= 4 is 21.6 Å². The van der Waals surface area contributed by atoms with Gasteiger partial charge in [0.25, 0.3) is 5.91 Å². The fourth-order valence-electron chi connectivity index (χ4n) is 2.68. The fraction of sp³-hybridized carbons (Fsp3) is 0.316. The number of primary sulfonamides is 1. The van der Waals surface area contributed by atoms with Crippen molar-refractivity contribution in [2.75, 3.05) is 24.5 Å². The molecule has 2 aromatic carbocycles. The first kappa shape index (κ1) is 19.9. The van der Waals surface area contributed by atoms with Gasteiger partial charge >= 0.3 is 0 Å². The summed E-state index contributed by atoms with van der Waals surface area (Å²) in [6.45, 7) is 6.50. The molecule has 0 aliphatic carbocycles. The second kappa shape index (κ2) is 8.82. The van der Waals surface area contributed by atoms with E-state index in [0.29, 0.717) is 18.5 Å². The van der Waals surface area contributed by atoms with Gasteiger partial charge in [0.05, 0.1) is 4.90 Å². The summed E-state index contributed by atoms with van der Waals surface area (Å²) in [6, 6.07) is 13.9. The number of nitrogens with one attached hydrogen (secondary N) is 1. The molecular weight excluding hydrogens is 350 g/mol. The summed E-state index contributed by atoms with van der Waals surface area (Å²) >= 11 is 0. The Balaban J connectivity index is 1.88. The average Bonchev–Trinajstić information content (AvgIpc) is 2.63. The number of amides is 1. The average molecular weight is 375 g/mol. The molecule has 0 aliphatic rings. The number of hydrogen-bond donors (Lipinski definition) is 2. The van der Waals surface area contributed by atoms with Gasteiger partial charge in [-0.3, -0.25) is 4.79 Å². The van der Waals surface area contributed by atoms with E-state index in [0.717, 1.165) is 24.3 Å².